The summed E-state index contributed by atoms with van der Waals surface area (Å²) in [5, 5.41) is 0. The van der Waals surface area contributed by atoms with Gasteiger partial charge in [0, 0.05) is 13.0 Å². The van der Waals surface area contributed by atoms with Gasteiger partial charge >= 0.3 is 5.97 Å². The molecule has 0 aromatic carbocycles. The molecule has 0 aliphatic carbocycles. The lowest BCUT2D eigenvalue weighted by molar-refractivity contribution is -0.145. The molecule has 0 unspecified atom stereocenters. The summed E-state index contributed by atoms with van der Waals surface area (Å²) in [6, 6.07) is 0. The molecule has 0 aliphatic rings. The van der Waals surface area contributed by atoms with Crippen LogP contribution in [-0.4, -0.2) is 36.5 Å². The van der Waals surface area contributed by atoms with Crippen LogP contribution >= 0.6 is 0 Å². The van der Waals surface area contributed by atoms with E-state index in [9.17, 15) is 9.59 Å². The van der Waals surface area contributed by atoms with Crippen LogP contribution in [0.5, 0.6) is 0 Å². The first-order valence-electron chi connectivity index (χ1n) is 5.72. The molecule has 0 aromatic heterocycles. The molecular formula is C12H21NO3. The maximum absolute atomic E-state index is 11.4. The van der Waals surface area contributed by atoms with Gasteiger partial charge in [-0.05, 0) is 18.9 Å². The minimum Gasteiger partial charge on any atom is -0.464 e. The highest BCUT2D eigenvalue weighted by molar-refractivity contribution is 5.86. The number of esters is 1. The minimum absolute atomic E-state index is 0.117. The van der Waals surface area contributed by atoms with Crippen molar-refractivity contribution >= 4 is 11.9 Å². The summed E-state index contributed by atoms with van der Waals surface area (Å²) in [6.45, 7) is 8.72. The van der Waals surface area contributed by atoms with Crippen LogP contribution in [0.25, 0.3) is 0 Å². The minimum atomic E-state index is -0.204. The van der Waals surface area contributed by atoms with Crippen molar-refractivity contribution < 1.29 is 14.3 Å². The number of carbonyl (C=O) groups excluding carboxylic acids is 2. The first kappa shape index (κ1) is 14.7. The number of nitrogens with zero attached hydrogens (tertiary/aromatic N) is 1. The van der Waals surface area contributed by atoms with Gasteiger partial charge in [0.1, 0.15) is 6.61 Å². The molecule has 16 heavy (non-hydrogen) atoms. The third kappa shape index (κ3) is 6.22. The number of rotatable bonds is 8. The second-order valence-corrected chi connectivity index (χ2v) is 3.50. The Morgan fingerprint density at radius 1 is 1.25 bits per heavy atom. The van der Waals surface area contributed by atoms with E-state index in [-0.39, 0.29) is 18.5 Å². The Bertz CT molecular complexity index is 238. The van der Waals surface area contributed by atoms with Crippen molar-refractivity contribution in [3.05, 3.63) is 12.7 Å². The summed E-state index contributed by atoms with van der Waals surface area (Å²) in [5.74, 6) is -0.321. The first-order chi connectivity index (χ1) is 7.65. The molecule has 0 aromatic rings. The fourth-order valence-electron chi connectivity index (χ4n) is 1.28. The Labute approximate surface area is 97.3 Å². The normalized spacial score (nSPS) is 9.62. The second kappa shape index (κ2) is 8.95. The fraction of sp³-hybridized carbons (Fsp3) is 0.667. The molecule has 1 amide bonds. The Morgan fingerprint density at radius 2 is 1.94 bits per heavy atom. The molecular weight excluding hydrogens is 206 g/mol. The molecule has 0 atom stereocenters. The van der Waals surface area contributed by atoms with Gasteiger partial charge in [0.25, 0.3) is 0 Å². The van der Waals surface area contributed by atoms with Gasteiger partial charge in [-0.15, -0.1) is 0 Å². The maximum Gasteiger partial charge on any atom is 0.305 e. The summed E-state index contributed by atoms with van der Waals surface area (Å²) < 4.78 is 4.99. The molecule has 0 N–H and O–H groups in total. The summed E-state index contributed by atoms with van der Waals surface area (Å²) in [7, 11) is 0. The molecule has 0 saturated heterocycles. The number of hydrogen-bond acceptors (Lipinski definition) is 3. The monoisotopic (exact) mass is 227 g/mol. The zero-order valence-corrected chi connectivity index (χ0v) is 10.2. The third-order valence-corrected chi connectivity index (χ3v) is 2.06. The van der Waals surface area contributed by atoms with Gasteiger partial charge in [0.2, 0.25) is 5.91 Å². The van der Waals surface area contributed by atoms with Gasteiger partial charge < -0.3 is 9.64 Å². The molecule has 0 spiro atoms. The molecule has 4 nitrogen and oxygen atoms in total. The van der Waals surface area contributed by atoms with E-state index in [4.69, 9.17) is 4.74 Å². The van der Waals surface area contributed by atoms with Crippen LogP contribution in [0.1, 0.15) is 33.1 Å². The van der Waals surface area contributed by atoms with Gasteiger partial charge in [0.15, 0.2) is 0 Å². The molecule has 0 heterocycles. The molecule has 0 saturated carbocycles. The highest BCUT2D eigenvalue weighted by Crippen LogP contribution is 1.96. The maximum atomic E-state index is 11.4. The number of ether oxygens (including phenoxy) is 1. The highest BCUT2D eigenvalue weighted by atomic mass is 16.5. The summed E-state index contributed by atoms with van der Waals surface area (Å²) in [5.41, 5.74) is 0. The van der Waals surface area contributed by atoms with Crippen LogP contribution in [0, 0.1) is 0 Å². The number of hydrogen-bond donors (Lipinski definition) is 0. The van der Waals surface area contributed by atoms with Crippen LogP contribution in [0.15, 0.2) is 12.7 Å². The van der Waals surface area contributed by atoms with E-state index in [0.717, 1.165) is 12.8 Å². The van der Waals surface area contributed by atoms with Crippen LogP contribution < -0.4 is 0 Å². The van der Waals surface area contributed by atoms with E-state index in [0.29, 0.717) is 19.5 Å². The van der Waals surface area contributed by atoms with Crippen molar-refractivity contribution in [3.8, 4) is 0 Å². The largest absolute Gasteiger partial charge is 0.464 e. The van der Waals surface area contributed by atoms with E-state index in [1.54, 1.807) is 4.90 Å². The van der Waals surface area contributed by atoms with E-state index in [1.807, 2.05) is 13.8 Å². The van der Waals surface area contributed by atoms with Crippen LogP contribution in [0.3, 0.4) is 0 Å². The van der Waals surface area contributed by atoms with Crippen molar-refractivity contribution in [2.24, 2.45) is 0 Å². The Hall–Kier alpha value is -1.32. The predicted molar refractivity (Wildman–Crippen MR) is 62.9 cm³/mol. The van der Waals surface area contributed by atoms with Crippen molar-refractivity contribution in [2.45, 2.75) is 33.1 Å². The summed E-state index contributed by atoms with van der Waals surface area (Å²) in [6.07, 6.45) is 3.37. The van der Waals surface area contributed by atoms with Gasteiger partial charge in [-0.2, -0.15) is 0 Å². The Morgan fingerprint density at radius 3 is 2.44 bits per heavy atom. The van der Waals surface area contributed by atoms with E-state index in [1.165, 1.54) is 6.08 Å². The quantitative estimate of drug-likeness (QED) is 0.469. The Balaban J connectivity index is 3.88. The molecule has 0 aliphatic heterocycles. The highest BCUT2D eigenvalue weighted by Gasteiger charge is 2.09. The van der Waals surface area contributed by atoms with Gasteiger partial charge in [-0.25, -0.2) is 0 Å². The fourth-order valence-corrected chi connectivity index (χ4v) is 1.28. The van der Waals surface area contributed by atoms with Crippen LogP contribution in [0.2, 0.25) is 0 Å². The van der Waals surface area contributed by atoms with Crippen LogP contribution in [0.4, 0.5) is 0 Å². The summed E-state index contributed by atoms with van der Waals surface area (Å²) >= 11 is 0. The molecule has 0 rings (SSSR count). The SMILES string of the molecule is C=CC(=O)N(CCC)CCOC(=O)CCC. The molecule has 4 heteroatoms. The predicted octanol–water partition coefficient (Wildman–Crippen LogP) is 1.75. The van der Waals surface area contributed by atoms with Gasteiger partial charge in [-0.1, -0.05) is 20.4 Å². The molecule has 0 bridgehead atoms. The van der Waals surface area contributed by atoms with E-state index < -0.39 is 0 Å². The lowest BCUT2D eigenvalue weighted by Crippen LogP contribution is -2.33. The van der Waals surface area contributed by atoms with Gasteiger partial charge in [-0.3, -0.25) is 9.59 Å². The van der Waals surface area contributed by atoms with E-state index in [2.05, 4.69) is 6.58 Å². The average molecular weight is 227 g/mol. The average Bonchev–Trinajstić information content (AvgIpc) is 2.27. The second-order valence-electron chi connectivity index (χ2n) is 3.50. The molecule has 0 fully saturated rings. The lowest BCUT2D eigenvalue weighted by atomic mass is 10.3. The van der Waals surface area contributed by atoms with E-state index >= 15 is 0 Å². The van der Waals surface area contributed by atoms with Crippen molar-refractivity contribution in [1.29, 1.82) is 0 Å². The smallest absolute Gasteiger partial charge is 0.305 e. The number of carbonyl (C=O) groups is 2. The zero-order valence-electron chi connectivity index (χ0n) is 10.2. The third-order valence-electron chi connectivity index (χ3n) is 2.06. The Kier molecular flexibility index (Phi) is 8.21. The van der Waals surface area contributed by atoms with Crippen molar-refractivity contribution in [1.82, 2.24) is 4.90 Å². The standard InChI is InChI=1S/C12H21NO3/c1-4-7-12(15)16-10-9-13(8-5-2)11(14)6-3/h6H,3-5,7-10H2,1-2H3. The molecule has 92 valence electrons. The van der Waals surface area contributed by atoms with Crippen molar-refractivity contribution in [3.63, 3.8) is 0 Å². The zero-order chi connectivity index (χ0) is 12.4. The topological polar surface area (TPSA) is 46.6 Å². The summed E-state index contributed by atoms with van der Waals surface area (Å²) in [4.78, 5) is 24.1. The number of amides is 1. The lowest BCUT2D eigenvalue weighted by Gasteiger charge is -2.20. The van der Waals surface area contributed by atoms with Crippen molar-refractivity contribution in [2.75, 3.05) is 19.7 Å². The van der Waals surface area contributed by atoms with Gasteiger partial charge in [0.05, 0.1) is 6.54 Å². The van der Waals surface area contributed by atoms with Crippen LogP contribution in [-0.2, 0) is 14.3 Å². The first-order valence-corrected chi connectivity index (χ1v) is 5.72. The molecule has 0 radical (unpaired) electrons.